The van der Waals surface area contributed by atoms with Crippen LogP contribution in [0.3, 0.4) is 0 Å². The molecule has 1 N–H and O–H groups in total. The minimum absolute atomic E-state index is 0.133. The Balaban J connectivity index is 2.77. The smallest absolute Gasteiger partial charge is 0.0347 e. The first-order chi connectivity index (χ1) is 5.47. The number of nitrogens with one attached hydrogen (secondary N) is 1. The van der Waals surface area contributed by atoms with Crippen molar-refractivity contribution in [3.8, 4) is 0 Å². The van der Waals surface area contributed by atoms with Crippen molar-refractivity contribution < 1.29 is 0 Å². The number of hydrogen-bond acceptors (Lipinski definition) is 1. The van der Waals surface area contributed by atoms with Crippen LogP contribution in [0.2, 0.25) is 0 Å². The molecule has 0 atom stereocenters. The van der Waals surface area contributed by atoms with Gasteiger partial charge >= 0.3 is 0 Å². The fraction of sp³-hybridized carbons (Fsp3) is 0.455. The maximum Gasteiger partial charge on any atom is 0.0347 e. The molecule has 0 aliphatic rings. The number of rotatable bonds is 1. The normalized spacial score (nSPS) is 11.3. The average molecular weight is 162 g/mol. The predicted molar refractivity (Wildman–Crippen MR) is 53.4 cm³/mol. The van der Waals surface area contributed by atoms with Gasteiger partial charge < -0.3 is 5.32 Å². The zero-order chi connectivity index (χ0) is 9.19. The van der Waals surface area contributed by atoms with Crippen LogP contribution in [-0.4, -0.2) is 5.54 Å². The Bertz CT molecular complexity index is 258. The fourth-order valence-electron chi connectivity index (χ4n) is 1.10. The molecule has 0 heterocycles. The molecule has 0 aromatic heterocycles. The minimum Gasteiger partial charge on any atom is -0.380 e. The van der Waals surface area contributed by atoms with Gasteiger partial charge in [-0.1, -0.05) is 6.07 Å². The Morgan fingerprint density at radius 3 is 2.50 bits per heavy atom. The summed E-state index contributed by atoms with van der Waals surface area (Å²) >= 11 is 0. The van der Waals surface area contributed by atoms with Gasteiger partial charge in [-0.3, -0.25) is 0 Å². The summed E-state index contributed by atoms with van der Waals surface area (Å²) in [5, 5.41) is 3.40. The first-order valence-electron chi connectivity index (χ1n) is 4.24. The van der Waals surface area contributed by atoms with E-state index in [9.17, 15) is 0 Å². The molecule has 0 unspecified atom stereocenters. The first kappa shape index (κ1) is 9.11. The van der Waals surface area contributed by atoms with Crippen molar-refractivity contribution in [3.05, 3.63) is 29.8 Å². The summed E-state index contributed by atoms with van der Waals surface area (Å²) in [6, 6.07) is 9.21. The molecule has 1 radical (unpaired) electrons. The van der Waals surface area contributed by atoms with Crippen molar-refractivity contribution in [2.75, 3.05) is 5.32 Å². The third-order valence-electron chi connectivity index (χ3n) is 1.47. The van der Waals surface area contributed by atoms with Gasteiger partial charge in [-0.15, -0.1) is 0 Å². The van der Waals surface area contributed by atoms with E-state index in [4.69, 9.17) is 0 Å². The standard InChI is InChI=1S/C11H16N/c1-9-6-5-7-10(8-9)12-11(2,3)4/h5,7-8,12H,1-4H3. The third kappa shape index (κ3) is 2.95. The van der Waals surface area contributed by atoms with Crippen molar-refractivity contribution >= 4 is 5.69 Å². The van der Waals surface area contributed by atoms with Crippen LogP contribution in [-0.2, 0) is 0 Å². The van der Waals surface area contributed by atoms with Gasteiger partial charge in [0.05, 0.1) is 0 Å². The topological polar surface area (TPSA) is 12.0 Å². The summed E-state index contributed by atoms with van der Waals surface area (Å²) in [4.78, 5) is 0. The molecule has 1 heteroatoms. The Morgan fingerprint density at radius 1 is 1.33 bits per heavy atom. The Morgan fingerprint density at radius 2 is 2.00 bits per heavy atom. The van der Waals surface area contributed by atoms with Gasteiger partial charge in [0.15, 0.2) is 0 Å². The number of aryl methyl sites for hydroxylation is 1. The molecule has 0 saturated carbocycles. The zero-order valence-corrected chi connectivity index (χ0v) is 8.23. The molecular weight excluding hydrogens is 146 g/mol. The maximum absolute atomic E-state index is 3.40. The van der Waals surface area contributed by atoms with Crippen LogP contribution in [0.15, 0.2) is 18.2 Å². The lowest BCUT2D eigenvalue weighted by Gasteiger charge is -2.22. The lowest BCUT2D eigenvalue weighted by atomic mass is 10.1. The molecule has 1 nitrogen and oxygen atoms in total. The van der Waals surface area contributed by atoms with Crippen LogP contribution in [0.4, 0.5) is 5.69 Å². The van der Waals surface area contributed by atoms with Gasteiger partial charge in [0.1, 0.15) is 0 Å². The van der Waals surface area contributed by atoms with E-state index >= 15 is 0 Å². The van der Waals surface area contributed by atoms with Gasteiger partial charge in [0.2, 0.25) is 0 Å². The van der Waals surface area contributed by atoms with Crippen LogP contribution in [0, 0.1) is 13.0 Å². The van der Waals surface area contributed by atoms with Crippen molar-refractivity contribution in [2.45, 2.75) is 33.2 Å². The second-order valence-electron chi connectivity index (χ2n) is 4.14. The number of anilines is 1. The van der Waals surface area contributed by atoms with Gasteiger partial charge in [-0.2, -0.15) is 0 Å². The van der Waals surface area contributed by atoms with Crippen molar-refractivity contribution in [1.29, 1.82) is 0 Å². The lowest BCUT2D eigenvalue weighted by Crippen LogP contribution is -2.25. The van der Waals surface area contributed by atoms with Crippen LogP contribution < -0.4 is 5.32 Å². The monoisotopic (exact) mass is 162 g/mol. The van der Waals surface area contributed by atoms with Gasteiger partial charge in [0.25, 0.3) is 0 Å². The van der Waals surface area contributed by atoms with Gasteiger partial charge in [-0.05, 0) is 51.5 Å². The predicted octanol–water partition coefficient (Wildman–Crippen LogP) is 3.01. The van der Waals surface area contributed by atoms with Crippen molar-refractivity contribution in [1.82, 2.24) is 0 Å². The van der Waals surface area contributed by atoms with Crippen LogP contribution in [0.5, 0.6) is 0 Å². The van der Waals surface area contributed by atoms with Gasteiger partial charge in [0, 0.05) is 11.2 Å². The molecule has 1 rings (SSSR count). The third-order valence-corrected chi connectivity index (χ3v) is 1.47. The molecule has 0 spiro atoms. The summed E-state index contributed by atoms with van der Waals surface area (Å²) < 4.78 is 0. The summed E-state index contributed by atoms with van der Waals surface area (Å²) in [5.74, 6) is 0. The summed E-state index contributed by atoms with van der Waals surface area (Å²) in [6.45, 7) is 8.50. The molecular formula is C11H16N. The zero-order valence-electron chi connectivity index (χ0n) is 8.23. The summed E-state index contributed by atoms with van der Waals surface area (Å²) in [6.07, 6.45) is 0. The highest BCUT2D eigenvalue weighted by Crippen LogP contribution is 2.14. The lowest BCUT2D eigenvalue weighted by molar-refractivity contribution is 0.634. The number of benzene rings is 1. The molecule has 1 aromatic carbocycles. The van der Waals surface area contributed by atoms with E-state index in [1.807, 2.05) is 19.1 Å². The number of hydrogen-bond donors (Lipinski definition) is 1. The maximum atomic E-state index is 3.40. The Hall–Kier alpha value is -0.980. The molecule has 12 heavy (non-hydrogen) atoms. The van der Waals surface area contributed by atoms with Crippen LogP contribution in [0.25, 0.3) is 0 Å². The molecule has 1 aromatic rings. The highest BCUT2D eigenvalue weighted by Gasteiger charge is 2.08. The van der Waals surface area contributed by atoms with Crippen molar-refractivity contribution in [2.24, 2.45) is 0 Å². The average Bonchev–Trinajstić information content (AvgIpc) is 1.82. The molecule has 0 fully saturated rings. The Kier molecular flexibility index (Phi) is 2.41. The second kappa shape index (κ2) is 3.18. The quantitative estimate of drug-likeness (QED) is 0.669. The van der Waals surface area contributed by atoms with E-state index in [-0.39, 0.29) is 5.54 Å². The van der Waals surface area contributed by atoms with Crippen molar-refractivity contribution in [3.63, 3.8) is 0 Å². The molecule has 0 bridgehead atoms. The largest absolute Gasteiger partial charge is 0.380 e. The van der Waals surface area contributed by atoms with E-state index in [1.54, 1.807) is 0 Å². The van der Waals surface area contributed by atoms with E-state index in [2.05, 4.69) is 38.2 Å². The molecule has 0 saturated heterocycles. The first-order valence-corrected chi connectivity index (χ1v) is 4.24. The van der Waals surface area contributed by atoms with E-state index in [0.717, 1.165) is 0 Å². The summed E-state index contributed by atoms with van der Waals surface area (Å²) in [5.41, 5.74) is 2.47. The molecule has 65 valence electrons. The second-order valence-corrected chi connectivity index (χ2v) is 4.14. The summed E-state index contributed by atoms with van der Waals surface area (Å²) in [7, 11) is 0. The Labute approximate surface area is 74.8 Å². The van der Waals surface area contributed by atoms with E-state index in [1.165, 1.54) is 11.3 Å². The fourth-order valence-corrected chi connectivity index (χ4v) is 1.10. The van der Waals surface area contributed by atoms with E-state index in [0.29, 0.717) is 0 Å². The van der Waals surface area contributed by atoms with Crippen LogP contribution >= 0.6 is 0 Å². The molecule has 0 amide bonds. The minimum atomic E-state index is 0.133. The highest BCUT2D eigenvalue weighted by molar-refractivity contribution is 5.46. The van der Waals surface area contributed by atoms with E-state index < -0.39 is 0 Å². The highest BCUT2D eigenvalue weighted by atomic mass is 14.9. The molecule has 0 aliphatic carbocycles. The van der Waals surface area contributed by atoms with Crippen LogP contribution in [0.1, 0.15) is 26.3 Å². The van der Waals surface area contributed by atoms with Gasteiger partial charge in [-0.25, -0.2) is 0 Å². The SMILES string of the molecule is Cc1[c]ccc(NC(C)(C)C)c1. The molecule has 0 aliphatic heterocycles.